The fraction of sp³-hybridized carbons (Fsp3) is 0.400. The molecule has 1 heterocycles. The maximum atomic E-state index is 13.0. The fourth-order valence-electron chi connectivity index (χ4n) is 4.23. The lowest BCUT2D eigenvalue weighted by Gasteiger charge is -2.26. The first-order valence-electron chi connectivity index (χ1n) is 11.8. The monoisotopic (exact) mass is 498 g/mol. The Bertz CT molecular complexity index is 1140. The van der Waals surface area contributed by atoms with Gasteiger partial charge in [0, 0.05) is 18.7 Å². The van der Waals surface area contributed by atoms with Crippen LogP contribution in [0.4, 0.5) is 4.39 Å². The number of carbonyl (C=O) groups is 4. The van der Waals surface area contributed by atoms with E-state index in [1.54, 1.807) is 12.1 Å². The number of hydrogen-bond donors (Lipinski definition) is 5. The van der Waals surface area contributed by atoms with Crippen molar-refractivity contribution in [3.8, 4) is 0 Å². The van der Waals surface area contributed by atoms with Crippen LogP contribution in [0.3, 0.4) is 0 Å². The summed E-state index contributed by atoms with van der Waals surface area (Å²) in [4.78, 5) is 51.7. The van der Waals surface area contributed by atoms with Crippen LogP contribution in [0.15, 0.2) is 42.5 Å². The largest absolute Gasteiger partial charge is 0.370 e. The summed E-state index contributed by atoms with van der Waals surface area (Å²) in [5.41, 5.74) is 5.63. The minimum absolute atomic E-state index is 0.164. The summed E-state index contributed by atoms with van der Waals surface area (Å²) in [7, 11) is 0. The highest BCUT2D eigenvalue weighted by molar-refractivity contribution is 6.00. The molecule has 0 saturated carbocycles. The molecule has 3 amide bonds. The molecular formula is C25H31FN6O4. The number of fused-ring (bicyclic) bond motifs is 1. The first kappa shape index (κ1) is 26.6. The molecule has 0 aliphatic carbocycles. The van der Waals surface area contributed by atoms with Crippen LogP contribution >= 0.6 is 0 Å². The molecule has 2 aromatic carbocycles. The molecule has 0 unspecified atom stereocenters. The lowest BCUT2D eigenvalue weighted by Crippen LogP contribution is -2.52. The molecule has 0 radical (unpaired) electrons. The highest BCUT2D eigenvalue weighted by Gasteiger charge is 2.35. The zero-order valence-electron chi connectivity index (χ0n) is 19.9. The van der Waals surface area contributed by atoms with Gasteiger partial charge >= 0.3 is 0 Å². The van der Waals surface area contributed by atoms with Crippen molar-refractivity contribution >= 4 is 40.2 Å². The maximum absolute atomic E-state index is 13.0. The van der Waals surface area contributed by atoms with Crippen molar-refractivity contribution in [2.75, 3.05) is 26.3 Å². The third kappa shape index (κ3) is 7.00. The summed E-state index contributed by atoms with van der Waals surface area (Å²) < 4.78 is 13.0. The van der Waals surface area contributed by atoms with Gasteiger partial charge in [-0.2, -0.15) is 0 Å². The quantitative estimate of drug-likeness (QED) is 0.176. The average Bonchev–Trinajstić information content (AvgIpc) is 3.38. The lowest BCUT2D eigenvalue weighted by atomic mass is 10.1. The van der Waals surface area contributed by atoms with Crippen LogP contribution in [-0.4, -0.2) is 72.8 Å². The number of carbonyl (C=O) groups excluding carboxylic acids is 4. The Kier molecular flexibility index (Phi) is 9.32. The minimum atomic E-state index is -1.22. The van der Waals surface area contributed by atoms with E-state index in [4.69, 9.17) is 11.1 Å². The van der Waals surface area contributed by atoms with Crippen molar-refractivity contribution in [3.05, 3.63) is 48.0 Å². The highest BCUT2D eigenvalue weighted by atomic mass is 19.1. The topological polar surface area (TPSA) is 157 Å². The van der Waals surface area contributed by atoms with Crippen LogP contribution in [0.2, 0.25) is 0 Å². The molecule has 1 aliphatic heterocycles. The number of amides is 3. The van der Waals surface area contributed by atoms with E-state index in [0.717, 1.165) is 10.8 Å². The number of benzene rings is 2. The Balaban J connectivity index is 1.55. The number of halogens is 1. The third-order valence-corrected chi connectivity index (χ3v) is 6.11. The summed E-state index contributed by atoms with van der Waals surface area (Å²) in [6, 6.07) is 11.0. The Labute approximate surface area is 208 Å². The normalized spacial score (nSPS) is 15.8. The van der Waals surface area contributed by atoms with Crippen molar-refractivity contribution in [2.24, 2.45) is 5.73 Å². The van der Waals surface area contributed by atoms with Gasteiger partial charge < -0.3 is 26.6 Å². The van der Waals surface area contributed by atoms with E-state index in [0.29, 0.717) is 37.9 Å². The third-order valence-electron chi connectivity index (χ3n) is 6.11. The van der Waals surface area contributed by atoms with Crippen LogP contribution < -0.4 is 21.7 Å². The Morgan fingerprint density at radius 1 is 1.11 bits per heavy atom. The molecule has 1 fully saturated rings. The number of ketones is 1. The molecular weight excluding hydrogens is 467 g/mol. The Morgan fingerprint density at radius 2 is 1.86 bits per heavy atom. The minimum Gasteiger partial charge on any atom is -0.370 e. The van der Waals surface area contributed by atoms with Gasteiger partial charge in [0.15, 0.2) is 11.7 Å². The summed E-state index contributed by atoms with van der Waals surface area (Å²) in [6.45, 7) is -0.864. The van der Waals surface area contributed by atoms with Crippen LogP contribution in [-0.2, 0) is 14.4 Å². The van der Waals surface area contributed by atoms with Crippen LogP contribution in [0.1, 0.15) is 36.0 Å². The van der Waals surface area contributed by atoms with Gasteiger partial charge in [-0.15, -0.1) is 0 Å². The summed E-state index contributed by atoms with van der Waals surface area (Å²) in [5.74, 6) is -2.33. The zero-order chi connectivity index (χ0) is 26.1. The van der Waals surface area contributed by atoms with Gasteiger partial charge in [-0.25, -0.2) is 4.39 Å². The second kappa shape index (κ2) is 12.6. The predicted molar refractivity (Wildman–Crippen MR) is 133 cm³/mol. The van der Waals surface area contributed by atoms with Gasteiger partial charge in [-0.3, -0.25) is 24.6 Å². The van der Waals surface area contributed by atoms with Gasteiger partial charge in [0.2, 0.25) is 11.8 Å². The van der Waals surface area contributed by atoms with Gasteiger partial charge in [0.25, 0.3) is 5.91 Å². The zero-order valence-corrected chi connectivity index (χ0v) is 19.9. The average molecular weight is 499 g/mol. The van der Waals surface area contributed by atoms with E-state index in [1.807, 2.05) is 30.3 Å². The molecule has 0 spiro atoms. The number of likely N-dealkylation sites (tertiary alicyclic amines) is 1. The number of alkyl halides is 1. The number of rotatable bonds is 11. The number of nitrogens with zero attached hydrogens (tertiary/aromatic N) is 1. The molecule has 2 atom stereocenters. The molecule has 0 bridgehead atoms. The first-order chi connectivity index (χ1) is 17.3. The number of Topliss-reactive ketones (excluding diaryl/α,β-unsaturated/α-hetero) is 1. The van der Waals surface area contributed by atoms with Crippen molar-refractivity contribution in [1.29, 1.82) is 5.41 Å². The maximum Gasteiger partial charge on any atom is 0.251 e. The molecule has 1 aliphatic rings. The van der Waals surface area contributed by atoms with E-state index in [9.17, 15) is 23.6 Å². The van der Waals surface area contributed by atoms with Gasteiger partial charge in [0.1, 0.15) is 12.7 Å². The smallest absolute Gasteiger partial charge is 0.251 e. The molecule has 36 heavy (non-hydrogen) atoms. The van der Waals surface area contributed by atoms with Crippen LogP contribution in [0, 0.1) is 5.41 Å². The molecule has 3 rings (SSSR count). The highest BCUT2D eigenvalue weighted by Crippen LogP contribution is 2.19. The van der Waals surface area contributed by atoms with E-state index in [-0.39, 0.29) is 18.9 Å². The van der Waals surface area contributed by atoms with Crippen molar-refractivity contribution in [3.63, 3.8) is 0 Å². The van der Waals surface area contributed by atoms with Gasteiger partial charge in [0.05, 0.1) is 12.6 Å². The number of hydrogen-bond acceptors (Lipinski definition) is 5. The van der Waals surface area contributed by atoms with Gasteiger partial charge in [-0.05, 0) is 48.6 Å². The predicted octanol–water partition coefficient (Wildman–Crippen LogP) is 0.847. The van der Waals surface area contributed by atoms with E-state index in [1.165, 1.54) is 4.90 Å². The molecule has 192 valence electrons. The molecule has 1 saturated heterocycles. The van der Waals surface area contributed by atoms with E-state index >= 15 is 0 Å². The molecule has 11 heteroatoms. The number of guanidine groups is 1. The molecule has 10 nitrogen and oxygen atoms in total. The van der Waals surface area contributed by atoms with E-state index in [2.05, 4.69) is 16.0 Å². The second-order valence-electron chi connectivity index (χ2n) is 8.63. The van der Waals surface area contributed by atoms with Crippen molar-refractivity contribution in [1.82, 2.24) is 20.9 Å². The summed E-state index contributed by atoms with van der Waals surface area (Å²) >= 11 is 0. The standard InChI is InChI=1S/C25H31FN6O4/c26-14-21(33)19(7-3-11-29-25(27)28)31-24(36)20-8-4-12-32(20)22(34)15-30-23(35)18-10-9-16-5-1-2-6-17(16)13-18/h1-2,5-6,9-10,13,19-20H,3-4,7-8,11-12,14-15H2,(H,30,35)(H,31,36)(H4,27,28,29)/t19-,20-/m0/s1. The van der Waals surface area contributed by atoms with Crippen molar-refractivity contribution < 1.29 is 23.6 Å². The van der Waals surface area contributed by atoms with Crippen molar-refractivity contribution in [2.45, 2.75) is 37.8 Å². The first-order valence-corrected chi connectivity index (χ1v) is 11.8. The van der Waals surface area contributed by atoms with Gasteiger partial charge in [-0.1, -0.05) is 30.3 Å². The van der Waals surface area contributed by atoms with E-state index < -0.39 is 42.3 Å². The molecule has 0 aromatic heterocycles. The Hall–Kier alpha value is -4.02. The summed E-state index contributed by atoms with van der Waals surface area (Å²) in [6.07, 6.45) is 1.53. The molecule has 2 aromatic rings. The lowest BCUT2D eigenvalue weighted by molar-refractivity contribution is -0.138. The SMILES string of the molecule is N=C(N)NCCC[C@H](NC(=O)[C@@H]1CCCN1C(=O)CNC(=O)c1ccc2ccccc2c1)C(=O)CF. The number of nitrogens with one attached hydrogen (secondary N) is 4. The number of nitrogens with two attached hydrogens (primary N) is 1. The summed E-state index contributed by atoms with van der Waals surface area (Å²) in [5, 5.41) is 16.8. The van der Waals surface area contributed by atoms with Crippen LogP contribution in [0.25, 0.3) is 10.8 Å². The fourth-order valence-corrected chi connectivity index (χ4v) is 4.23. The Morgan fingerprint density at radius 3 is 2.58 bits per heavy atom. The molecule has 6 N–H and O–H groups in total. The van der Waals surface area contributed by atoms with Crippen LogP contribution in [0.5, 0.6) is 0 Å². The second-order valence-corrected chi connectivity index (χ2v) is 8.63.